The second kappa shape index (κ2) is 9.86. The van der Waals surface area contributed by atoms with Crippen molar-refractivity contribution in [2.24, 2.45) is 0 Å². The maximum atomic E-state index is 13.5. The molecule has 1 aliphatic heterocycles. The van der Waals surface area contributed by atoms with E-state index in [9.17, 15) is 9.59 Å². The third kappa shape index (κ3) is 4.90. The number of carbonyl (C=O) groups is 2. The first-order chi connectivity index (χ1) is 14.0. The Labute approximate surface area is 178 Å². The first-order valence-electron chi connectivity index (χ1n) is 10.5. The number of rotatable bonds is 7. The molecule has 158 valence electrons. The first-order valence-corrected chi connectivity index (χ1v) is 14.1. The summed E-state index contributed by atoms with van der Waals surface area (Å²) < 4.78 is 4.90. The molecule has 1 saturated heterocycles. The third-order valence-corrected chi connectivity index (χ3v) is 13.3. The quantitative estimate of drug-likeness (QED) is 0.450. The van der Waals surface area contributed by atoms with Crippen molar-refractivity contribution in [2.45, 2.75) is 51.4 Å². The molecule has 0 saturated carbocycles. The van der Waals surface area contributed by atoms with Gasteiger partial charge in [0.15, 0.2) is 0 Å². The number of nitrogens with one attached hydrogen (secondary N) is 1. The van der Waals surface area contributed by atoms with Crippen molar-refractivity contribution in [1.82, 2.24) is 0 Å². The second-order valence-electron chi connectivity index (χ2n) is 8.15. The van der Waals surface area contributed by atoms with Crippen LogP contribution < -0.4 is 5.32 Å². The van der Waals surface area contributed by atoms with Crippen LogP contribution in [-0.4, -0.2) is 37.0 Å². The van der Waals surface area contributed by atoms with E-state index in [1.54, 1.807) is 0 Å². The van der Waals surface area contributed by atoms with Crippen molar-refractivity contribution in [3.8, 4) is 0 Å². The van der Waals surface area contributed by atoms with E-state index < -0.39 is 7.26 Å². The average Bonchev–Trinajstić information content (AvgIpc) is 3.09. The number of thiophene rings is 1. The van der Waals surface area contributed by atoms with E-state index in [-0.39, 0.29) is 17.5 Å². The van der Waals surface area contributed by atoms with Crippen LogP contribution in [0.15, 0.2) is 35.7 Å². The summed E-state index contributed by atoms with van der Waals surface area (Å²) in [6, 6.07) is 10.6. The standard InChI is InChI=1S/C23H32NO3PS/c1-4-19(22(25)24-20-17(2)16-29-21(20)23(26)27-3)28(13-9-6-10-14-28)15-18-11-7-5-8-12-18/h5,7-8,11-12,16,19,28H,4,6,9-10,13-15H2,1-3H3,(H,24,25). The van der Waals surface area contributed by atoms with Crippen LogP contribution in [0.3, 0.4) is 0 Å². The Kier molecular flexibility index (Phi) is 7.48. The molecule has 2 heterocycles. The van der Waals surface area contributed by atoms with Crippen molar-refractivity contribution in [3.63, 3.8) is 0 Å². The Morgan fingerprint density at radius 1 is 1.17 bits per heavy atom. The molecule has 1 amide bonds. The van der Waals surface area contributed by atoms with Gasteiger partial charge in [0.1, 0.15) is 0 Å². The van der Waals surface area contributed by atoms with Gasteiger partial charge in [-0.1, -0.05) is 0 Å². The normalized spacial score (nSPS) is 17.9. The molecule has 0 aliphatic carbocycles. The van der Waals surface area contributed by atoms with Crippen LogP contribution >= 0.6 is 18.6 Å². The van der Waals surface area contributed by atoms with E-state index in [1.807, 2.05) is 12.3 Å². The molecular formula is C23H32NO3PS. The van der Waals surface area contributed by atoms with Gasteiger partial charge >= 0.3 is 178 Å². The SMILES string of the molecule is CCC(C(=O)Nc1c(C)csc1C(=O)OC)[PH]1(Cc2ccccc2)CCCCC1. The van der Waals surface area contributed by atoms with Crippen molar-refractivity contribution in [1.29, 1.82) is 0 Å². The zero-order chi connectivity index (χ0) is 20.9. The van der Waals surface area contributed by atoms with Gasteiger partial charge in [0, 0.05) is 0 Å². The predicted molar refractivity (Wildman–Crippen MR) is 125 cm³/mol. The molecule has 1 unspecified atom stereocenters. The Hall–Kier alpha value is -1.71. The van der Waals surface area contributed by atoms with E-state index in [1.165, 1.54) is 55.6 Å². The molecule has 3 rings (SSSR count). The van der Waals surface area contributed by atoms with Gasteiger partial charge in [-0.25, -0.2) is 0 Å². The maximum absolute atomic E-state index is 13.5. The molecule has 1 aromatic carbocycles. The summed E-state index contributed by atoms with van der Waals surface area (Å²) in [6.45, 7) is 4.07. The predicted octanol–water partition coefficient (Wildman–Crippen LogP) is 5.69. The van der Waals surface area contributed by atoms with E-state index >= 15 is 0 Å². The molecular weight excluding hydrogens is 401 g/mol. The van der Waals surface area contributed by atoms with Gasteiger partial charge in [0.2, 0.25) is 0 Å². The van der Waals surface area contributed by atoms with Gasteiger partial charge in [-0.2, -0.15) is 0 Å². The molecule has 29 heavy (non-hydrogen) atoms. The summed E-state index contributed by atoms with van der Waals surface area (Å²) in [6.07, 6.45) is 8.06. The van der Waals surface area contributed by atoms with E-state index in [0.717, 1.165) is 18.1 Å². The Bertz CT molecular complexity index is 843. The van der Waals surface area contributed by atoms with Crippen LogP contribution in [0.2, 0.25) is 0 Å². The number of esters is 1. The summed E-state index contributed by atoms with van der Waals surface area (Å²) in [5.74, 6) is -0.302. The number of hydrogen-bond donors (Lipinski definition) is 1. The number of ether oxygens (including phenoxy) is 1. The third-order valence-electron chi connectivity index (χ3n) is 6.31. The molecule has 1 aliphatic rings. The minimum absolute atomic E-state index is 0.0489. The topological polar surface area (TPSA) is 55.4 Å². The molecule has 2 aromatic rings. The molecule has 0 bridgehead atoms. The van der Waals surface area contributed by atoms with E-state index in [4.69, 9.17) is 4.74 Å². The van der Waals surface area contributed by atoms with Crippen molar-refractivity contribution < 1.29 is 14.3 Å². The summed E-state index contributed by atoms with van der Waals surface area (Å²) in [5.41, 5.74) is 2.95. The van der Waals surface area contributed by atoms with Crippen LogP contribution in [0, 0.1) is 6.92 Å². The summed E-state index contributed by atoms with van der Waals surface area (Å²) in [4.78, 5) is 26.1. The van der Waals surface area contributed by atoms with Crippen molar-refractivity contribution in [2.75, 3.05) is 24.8 Å². The molecule has 0 spiro atoms. The Balaban J connectivity index is 1.88. The zero-order valence-electron chi connectivity index (χ0n) is 17.6. The molecule has 1 atom stereocenters. The van der Waals surface area contributed by atoms with E-state index in [2.05, 4.69) is 42.6 Å². The number of hydrogen-bond acceptors (Lipinski definition) is 4. The van der Waals surface area contributed by atoms with Crippen LogP contribution in [0.5, 0.6) is 0 Å². The summed E-state index contributed by atoms with van der Waals surface area (Å²) in [7, 11) is -0.468. The number of methoxy groups -OCH3 is 1. The second-order valence-corrected chi connectivity index (χ2v) is 13.8. The first kappa shape index (κ1) is 22.0. The van der Waals surface area contributed by atoms with Crippen LogP contribution in [0.25, 0.3) is 0 Å². The molecule has 1 N–H and O–H groups in total. The molecule has 0 radical (unpaired) electrons. The van der Waals surface area contributed by atoms with Crippen LogP contribution in [-0.2, 0) is 15.7 Å². The number of anilines is 1. The van der Waals surface area contributed by atoms with Gasteiger partial charge < -0.3 is 0 Å². The Morgan fingerprint density at radius 2 is 1.86 bits per heavy atom. The Morgan fingerprint density at radius 3 is 2.48 bits per heavy atom. The zero-order valence-corrected chi connectivity index (χ0v) is 19.4. The molecule has 1 fully saturated rings. The fraction of sp³-hybridized carbons (Fsp3) is 0.478. The van der Waals surface area contributed by atoms with Gasteiger partial charge in [0.05, 0.1) is 0 Å². The fourth-order valence-electron chi connectivity index (χ4n) is 4.86. The molecule has 1 aromatic heterocycles. The van der Waals surface area contributed by atoms with E-state index in [0.29, 0.717) is 10.6 Å². The number of benzene rings is 1. The van der Waals surface area contributed by atoms with Gasteiger partial charge in [0.25, 0.3) is 0 Å². The van der Waals surface area contributed by atoms with Crippen LogP contribution in [0.4, 0.5) is 5.69 Å². The molecule has 6 heteroatoms. The fourth-order valence-corrected chi connectivity index (χ4v) is 11.8. The van der Waals surface area contributed by atoms with Gasteiger partial charge in [-0.05, 0) is 0 Å². The summed E-state index contributed by atoms with van der Waals surface area (Å²) in [5, 5.41) is 5.04. The summed E-state index contributed by atoms with van der Waals surface area (Å²) >= 11 is 1.33. The number of amides is 1. The monoisotopic (exact) mass is 433 g/mol. The minimum atomic E-state index is -1.84. The number of carbonyl (C=O) groups excluding carboxylic acids is 2. The van der Waals surface area contributed by atoms with Crippen molar-refractivity contribution >= 4 is 36.2 Å². The average molecular weight is 434 g/mol. The van der Waals surface area contributed by atoms with Gasteiger partial charge in [-0.3, -0.25) is 0 Å². The number of aryl methyl sites for hydroxylation is 1. The molecule has 4 nitrogen and oxygen atoms in total. The van der Waals surface area contributed by atoms with Crippen molar-refractivity contribution in [3.05, 3.63) is 51.7 Å². The van der Waals surface area contributed by atoms with Gasteiger partial charge in [-0.15, -0.1) is 0 Å². The van der Waals surface area contributed by atoms with Crippen LogP contribution in [0.1, 0.15) is 53.4 Å².